The minimum absolute atomic E-state index is 0.0987. The summed E-state index contributed by atoms with van der Waals surface area (Å²) < 4.78 is 3.01. The Balaban J connectivity index is 2.22. The molecule has 0 aliphatic carbocycles. The van der Waals surface area contributed by atoms with E-state index in [9.17, 15) is 9.59 Å². The predicted octanol–water partition coefficient (Wildman–Crippen LogP) is 0.651. The summed E-state index contributed by atoms with van der Waals surface area (Å²) in [5.74, 6) is -1.71. The van der Waals surface area contributed by atoms with E-state index in [-0.39, 0.29) is 17.3 Å². The van der Waals surface area contributed by atoms with Crippen LogP contribution in [0.1, 0.15) is 45.1 Å². The van der Waals surface area contributed by atoms with Gasteiger partial charge in [-0.25, -0.2) is 4.79 Å². The molecule has 1 unspecified atom stereocenters. The van der Waals surface area contributed by atoms with Gasteiger partial charge < -0.3 is 10.4 Å². The van der Waals surface area contributed by atoms with E-state index in [2.05, 4.69) is 15.5 Å². The maximum absolute atomic E-state index is 12.2. The summed E-state index contributed by atoms with van der Waals surface area (Å²) in [6.07, 6.45) is 2.98. The van der Waals surface area contributed by atoms with E-state index in [0.29, 0.717) is 0 Å². The second kappa shape index (κ2) is 5.39. The molecule has 8 heteroatoms. The standard InChI is InChI=1S/C13H17N5O3/c1-7(9-5-14-18(4)8(9)2)15-12(19)11-10(13(20)21)6-17(3)16-11/h5-7H,1-4H3,(H,15,19)(H,20,21). The summed E-state index contributed by atoms with van der Waals surface area (Å²) in [6.45, 7) is 3.71. The van der Waals surface area contributed by atoms with Crippen molar-refractivity contribution in [3.05, 3.63) is 34.9 Å². The molecule has 0 fully saturated rings. The molecule has 2 N–H and O–H groups in total. The fraction of sp³-hybridized carbons (Fsp3) is 0.385. The minimum Gasteiger partial charge on any atom is -0.478 e. The van der Waals surface area contributed by atoms with Gasteiger partial charge in [-0.05, 0) is 13.8 Å². The number of hydrogen-bond donors (Lipinski definition) is 2. The smallest absolute Gasteiger partial charge is 0.339 e. The molecule has 0 radical (unpaired) electrons. The Bertz CT molecular complexity index is 701. The van der Waals surface area contributed by atoms with Crippen LogP contribution >= 0.6 is 0 Å². The summed E-state index contributed by atoms with van der Waals surface area (Å²) in [7, 11) is 3.38. The van der Waals surface area contributed by atoms with Crippen molar-refractivity contribution in [1.29, 1.82) is 0 Å². The van der Waals surface area contributed by atoms with Crippen molar-refractivity contribution in [3.63, 3.8) is 0 Å². The van der Waals surface area contributed by atoms with Crippen molar-refractivity contribution < 1.29 is 14.7 Å². The normalized spacial score (nSPS) is 12.2. The molecule has 1 atom stereocenters. The highest BCUT2D eigenvalue weighted by atomic mass is 16.4. The van der Waals surface area contributed by atoms with Crippen molar-refractivity contribution in [3.8, 4) is 0 Å². The van der Waals surface area contributed by atoms with Crippen molar-refractivity contribution in [2.24, 2.45) is 14.1 Å². The number of hydrogen-bond acceptors (Lipinski definition) is 4. The van der Waals surface area contributed by atoms with Crippen LogP contribution in [0.3, 0.4) is 0 Å². The van der Waals surface area contributed by atoms with Gasteiger partial charge in [0.25, 0.3) is 5.91 Å². The first kappa shape index (κ1) is 14.8. The summed E-state index contributed by atoms with van der Waals surface area (Å²) in [6, 6.07) is -0.296. The maximum atomic E-state index is 12.2. The van der Waals surface area contributed by atoms with Gasteiger partial charge >= 0.3 is 5.97 Å². The first-order valence-electron chi connectivity index (χ1n) is 6.37. The van der Waals surface area contributed by atoms with E-state index < -0.39 is 11.9 Å². The molecule has 21 heavy (non-hydrogen) atoms. The third-order valence-corrected chi connectivity index (χ3v) is 3.36. The molecule has 2 aromatic rings. The first-order valence-corrected chi connectivity index (χ1v) is 6.37. The van der Waals surface area contributed by atoms with Gasteiger partial charge in [-0.2, -0.15) is 10.2 Å². The number of rotatable bonds is 4. The van der Waals surface area contributed by atoms with Gasteiger partial charge in [-0.1, -0.05) is 0 Å². The van der Waals surface area contributed by atoms with E-state index in [1.165, 1.54) is 10.9 Å². The van der Waals surface area contributed by atoms with Gasteiger partial charge in [0.05, 0.1) is 12.2 Å². The predicted molar refractivity (Wildman–Crippen MR) is 74.0 cm³/mol. The highest BCUT2D eigenvalue weighted by molar-refractivity contribution is 6.03. The van der Waals surface area contributed by atoms with Crippen LogP contribution in [0.4, 0.5) is 0 Å². The zero-order valence-corrected chi connectivity index (χ0v) is 12.3. The zero-order valence-electron chi connectivity index (χ0n) is 12.3. The molecule has 0 saturated carbocycles. The molecule has 8 nitrogen and oxygen atoms in total. The van der Waals surface area contributed by atoms with Crippen molar-refractivity contribution in [2.45, 2.75) is 19.9 Å². The van der Waals surface area contributed by atoms with Crippen molar-refractivity contribution >= 4 is 11.9 Å². The molecule has 0 aliphatic heterocycles. The van der Waals surface area contributed by atoms with Gasteiger partial charge in [0.2, 0.25) is 0 Å². The maximum Gasteiger partial charge on any atom is 0.339 e. The van der Waals surface area contributed by atoms with Gasteiger partial charge in [0.15, 0.2) is 5.69 Å². The molecule has 112 valence electrons. The van der Waals surface area contributed by atoms with Crippen LogP contribution in [-0.4, -0.2) is 36.5 Å². The molecule has 0 bridgehead atoms. The molecule has 0 spiro atoms. The number of amides is 1. The fourth-order valence-corrected chi connectivity index (χ4v) is 2.10. The first-order chi connectivity index (χ1) is 9.81. The van der Waals surface area contributed by atoms with Gasteiger partial charge in [0, 0.05) is 31.5 Å². The van der Waals surface area contributed by atoms with Crippen molar-refractivity contribution in [2.75, 3.05) is 0 Å². The second-order valence-corrected chi connectivity index (χ2v) is 4.87. The number of carboxylic acids is 1. The molecule has 1 amide bonds. The van der Waals surface area contributed by atoms with E-state index in [1.54, 1.807) is 17.9 Å². The lowest BCUT2D eigenvalue weighted by Crippen LogP contribution is -2.28. The number of carbonyl (C=O) groups excluding carboxylic acids is 1. The minimum atomic E-state index is -1.18. The molecule has 0 saturated heterocycles. The number of nitrogens with zero attached hydrogens (tertiary/aromatic N) is 4. The number of aromatic carboxylic acids is 1. The van der Waals surface area contributed by atoms with Crippen LogP contribution in [0.25, 0.3) is 0 Å². The van der Waals surface area contributed by atoms with Crippen LogP contribution in [0, 0.1) is 6.92 Å². The Morgan fingerprint density at radius 1 is 1.38 bits per heavy atom. The molecule has 0 aromatic carbocycles. The average molecular weight is 291 g/mol. The number of nitrogens with one attached hydrogen (secondary N) is 1. The summed E-state index contributed by atoms with van der Waals surface area (Å²) in [5.41, 5.74) is 1.59. The Hall–Kier alpha value is -2.64. The number of carbonyl (C=O) groups is 2. The van der Waals surface area contributed by atoms with Gasteiger partial charge in [0.1, 0.15) is 5.56 Å². The van der Waals surface area contributed by atoms with E-state index >= 15 is 0 Å². The van der Waals surface area contributed by atoms with E-state index in [4.69, 9.17) is 5.11 Å². The summed E-state index contributed by atoms with van der Waals surface area (Å²) in [4.78, 5) is 23.3. The monoisotopic (exact) mass is 291 g/mol. The second-order valence-electron chi connectivity index (χ2n) is 4.87. The summed E-state index contributed by atoms with van der Waals surface area (Å²) >= 11 is 0. The number of aryl methyl sites for hydroxylation is 2. The molecule has 0 aliphatic rings. The van der Waals surface area contributed by atoms with Crippen LogP contribution in [-0.2, 0) is 14.1 Å². The lowest BCUT2D eigenvalue weighted by Gasteiger charge is -2.13. The lowest BCUT2D eigenvalue weighted by molar-refractivity contribution is 0.0690. The summed E-state index contributed by atoms with van der Waals surface area (Å²) in [5, 5.41) is 19.9. The molecule has 2 heterocycles. The van der Waals surface area contributed by atoms with Crippen LogP contribution < -0.4 is 5.32 Å². The molecule has 2 rings (SSSR count). The largest absolute Gasteiger partial charge is 0.478 e. The SMILES string of the molecule is Cc1c(C(C)NC(=O)c2nn(C)cc2C(=O)O)cnn1C. The third kappa shape index (κ3) is 2.78. The van der Waals surface area contributed by atoms with Crippen LogP contribution in [0.15, 0.2) is 12.4 Å². The number of aromatic nitrogens is 4. The van der Waals surface area contributed by atoms with Crippen LogP contribution in [0.2, 0.25) is 0 Å². The quantitative estimate of drug-likeness (QED) is 0.861. The molecule has 2 aromatic heterocycles. The Kier molecular flexibility index (Phi) is 3.79. The highest BCUT2D eigenvalue weighted by Gasteiger charge is 2.23. The van der Waals surface area contributed by atoms with E-state index in [1.807, 2.05) is 20.9 Å². The third-order valence-electron chi connectivity index (χ3n) is 3.36. The number of carboxylic acid groups (broad SMARTS) is 1. The fourth-order valence-electron chi connectivity index (χ4n) is 2.10. The Labute approximate surface area is 121 Å². The van der Waals surface area contributed by atoms with E-state index in [0.717, 1.165) is 11.3 Å². The van der Waals surface area contributed by atoms with Crippen molar-refractivity contribution in [1.82, 2.24) is 24.9 Å². The lowest BCUT2D eigenvalue weighted by atomic mass is 10.1. The van der Waals surface area contributed by atoms with Gasteiger partial charge in [-0.3, -0.25) is 14.2 Å². The molecular formula is C13H17N5O3. The Morgan fingerprint density at radius 2 is 2.05 bits per heavy atom. The van der Waals surface area contributed by atoms with Gasteiger partial charge in [-0.15, -0.1) is 0 Å². The zero-order chi connectivity index (χ0) is 15.7. The average Bonchev–Trinajstić information content (AvgIpc) is 2.94. The molecular weight excluding hydrogens is 274 g/mol. The van der Waals surface area contributed by atoms with Crippen LogP contribution in [0.5, 0.6) is 0 Å². The topological polar surface area (TPSA) is 102 Å². The highest BCUT2D eigenvalue weighted by Crippen LogP contribution is 2.17. The Morgan fingerprint density at radius 3 is 2.57 bits per heavy atom.